The summed E-state index contributed by atoms with van der Waals surface area (Å²) in [5.41, 5.74) is 0. The number of carbonyl (C=O) groups is 3. The van der Waals surface area contributed by atoms with Crippen molar-refractivity contribution in [2.45, 2.75) is 245 Å². The summed E-state index contributed by atoms with van der Waals surface area (Å²) in [6.07, 6.45) is 53.8. The van der Waals surface area contributed by atoms with Crippen molar-refractivity contribution in [3.05, 3.63) is 48.6 Å². The van der Waals surface area contributed by atoms with Crippen LogP contribution in [0, 0.1) is 0 Å². The Hall–Kier alpha value is -2.63. The maximum absolute atomic E-state index is 12.7. The topological polar surface area (TPSA) is 78.9 Å². The molecule has 0 radical (unpaired) electrons. The van der Waals surface area contributed by atoms with Gasteiger partial charge in [0, 0.05) is 19.3 Å². The first kappa shape index (κ1) is 54.4. The van der Waals surface area contributed by atoms with Gasteiger partial charge in [0.05, 0.1) is 0 Å². The van der Waals surface area contributed by atoms with Crippen molar-refractivity contribution in [2.75, 3.05) is 13.2 Å². The summed E-state index contributed by atoms with van der Waals surface area (Å²) in [7, 11) is 0. The van der Waals surface area contributed by atoms with E-state index in [1.807, 2.05) is 0 Å². The van der Waals surface area contributed by atoms with Crippen LogP contribution in [0.25, 0.3) is 0 Å². The van der Waals surface area contributed by atoms with E-state index in [0.29, 0.717) is 19.3 Å². The van der Waals surface area contributed by atoms with Crippen molar-refractivity contribution in [1.29, 1.82) is 0 Å². The van der Waals surface area contributed by atoms with Crippen LogP contribution in [0.5, 0.6) is 0 Å². The highest BCUT2D eigenvalue weighted by Gasteiger charge is 2.19. The average molecular weight is 799 g/mol. The van der Waals surface area contributed by atoms with Crippen molar-refractivity contribution in [3.8, 4) is 0 Å². The zero-order valence-corrected chi connectivity index (χ0v) is 37.6. The molecule has 0 aliphatic rings. The van der Waals surface area contributed by atoms with Gasteiger partial charge < -0.3 is 14.2 Å². The molecule has 0 aromatic carbocycles. The lowest BCUT2D eigenvalue weighted by Crippen LogP contribution is -2.30. The Morgan fingerprint density at radius 3 is 1.11 bits per heavy atom. The van der Waals surface area contributed by atoms with Crippen LogP contribution in [0.2, 0.25) is 0 Å². The predicted molar refractivity (Wildman–Crippen MR) is 242 cm³/mol. The molecule has 0 saturated carbocycles. The molecule has 0 aliphatic heterocycles. The van der Waals surface area contributed by atoms with Gasteiger partial charge in [-0.3, -0.25) is 14.4 Å². The molecular weight excluding hydrogens is 709 g/mol. The van der Waals surface area contributed by atoms with Crippen LogP contribution >= 0.6 is 0 Å². The van der Waals surface area contributed by atoms with Gasteiger partial charge in [-0.25, -0.2) is 0 Å². The molecule has 57 heavy (non-hydrogen) atoms. The Balaban J connectivity index is 4.45. The van der Waals surface area contributed by atoms with E-state index in [4.69, 9.17) is 14.2 Å². The molecule has 0 unspecified atom stereocenters. The minimum atomic E-state index is -0.798. The number of rotatable bonds is 43. The summed E-state index contributed by atoms with van der Waals surface area (Å²) >= 11 is 0. The van der Waals surface area contributed by atoms with Gasteiger partial charge in [0.25, 0.3) is 0 Å². The van der Waals surface area contributed by atoms with Gasteiger partial charge in [0.2, 0.25) is 0 Å². The average Bonchev–Trinajstić information content (AvgIpc) is 3.21. The maximum Gasteiger partial charge on any atom is 0.306 e. The number of unbranched alkanes of at least 4 members (excludes halogenated alkanes) is 24. The Bertz CT molecular complexity index is 1010. The zero-order chi connectivity index (χ0) is 41.5. The van der Waals surface area contributed by atoms with Crippen molar-refractivity contribution >= 4 is 17.9 Å². The van der Waals surface area contributed by atoms with E-state index in [1.54, 1.807) is 0 Å². The van der Waals surface area contributed by atoms with Crippen molar-refractivity contribution < 1.29 is 28.6 Å². The monoisotopic (exact) mass is 799 g/mol. The van der Waals surface area contributed by atoms with Crippen molar-refractivity contribution in [1.82, 2.24) is 0 Å². The van der Waals surface area contributed by atoms with Gasteiger partial charge in [-0.05, 0) is 70.6 Å². The van der Waals surface area contributed by atoms with Crippen LogP contribution in [0.4, 0.5) is 0 Å². The molecule has 0 spiro atoms. The molecule has 0 amide bonds. The second-order valence-corrected chi connectivity index (χ2v) is 16.0. The van der Waals surface area contributed by atoms with E-state index in [-0.39, 0.29) is 37.5 Å². The minimum Gasteiger partial charge on any atom is -0.462 e. The van der Waals surface area contributed by atoms with Crippen LogP contribution < -0.4 is 0 Å². The quantitative estimate of drug-likeness (QED) is 0.0265. The molecule has 0 saturated heterocycles. The lowest BCUT2D eigenvalue weighted by atomic mass is 10.1. The van der Waals surface area contributed by atoms with Crippen LogP contribution in [-0.2, 0) is 28.6 Å². The van der Waals surface area contributed by atoms with E-state index in [2.05, 4.69) is 69.4 Å². The second kappa shape index (κ2) is 46.1. The van der Waals surface area contributed by atoms with E-state index >= 15 is 0 Å². The normalized spacial score (nSPS) is 12.4. The summed E-state index contributed by atoms with van der Waals surface area (Å²) in [6.45, 7) is 6.53. The third kappa shape index (κ3) is 44.3. The Morgan fingerprint density at radius 1 is 0.351 bits per heavy atom. The molecule has 330 valence electrons. The number of esters is 3. The summed E-state index contributed by atoms with van der Waals surface area (Å²) in [5, 5.41) is 0. The van der Waals surface area contributed by atoms with Gasteiger partial charge in [-0.2, -0.15) is 0 Å². The van der Waals surface area contributed by atoms with Gasteiger partial charge in [0.15, 0.2) is 6.10 Å². The van der Waals surface area contributed by atoms with Crippen LogP contribution in [0.3, 0.4) is 0 Å². The van der Waals surface area contributed by atoms with Crippen molar-refractivity contribution in [3.63, 3.8) is 0 Å². The molecule has 6 heteroatoms. The summed E-state index contributed by atoms with van der Waals surface area (Å²) in [5.74, 6) is -0.956. The maximum atomic E-state index is 12.7. The number of carbonyl (C=O) groups excluding carboxylic acids is 3. The van der Waals surface area contributed by atoms with E-state index in [0.717, 1.165) is 64.2 Å². The zero-order valence-electron chi connectivity index (χ0n) is 37.6. The van der Waals surface area contributed by atoms with E-state index < -0.39 is 6.10 Å². The molecule has 6 nitrogen and oxygen atoms in total. The van der Waals surface area contributed by atoms with Gasteiger partial charge in [-0.1, -0.05) is 198 Å². The largest absolute Gasteiger partial charge is 0.462 e. The number of hydrogen-bond acceptors (Lipinski definition) is 6. The molecule has 0 rings (SSSR count). The highest BCUT2D eigenvalue weighted by atomic mass is 16.6. The molecular formula is C51H90O6. The molecule has 0 aliphatic carbocycles. The Kier molecular flexibility index (Phi) is 43.9. The van der Waals surface area contributed by atoms with E-state index in [9.17, 15) is 14.4 Å². The lowest BCUT2D eigenvalue weighted by Gasteiger charge is -2.18. The first-order chi connectivity index (χ1) is 28.0. The van der Waals surface area contributed by atoms with Crippen LogP contribution in [-0.4, -0.2) is 37.2 Å². The van der Waals surface area contributed by atoms with Crippen LogP contribution in [0.15, 0.2) is 48.6 Å². The third-order valence-electron chi connectivity index (χ3n) is 10.3. The number of ether oxygens (including phenoxy) is 3. The molecule has 0 heterocycles. The van der Waals surface area contributed by atoms with E-state index in [1.165, 1.54) is 128 Å². The molecule has 1 atom stereocenters. The Morgan fingerprint density at radius 2 is 0.667 bits per heavy atom. The number of hydrogen-bond donors (Lipinski definition) is 0. The molecule has 0 bridgehead atoms. The minimum absolute atomic E-state index is 0.0940. The van der Waals surface area contributed by atoms with Gasteiger partial charge >= 0.3 is 17.9 Å². The van der Waals surface area contributed by atoms with Gasteiger partial charge in [0.1, 0.15) is 13.2 Å². The predicted octanol–water partition coefficient (Wildman–Crippen LogP) is 15.5. The fraction of sp³-hybridized carbons (Fsp3) is 0.784. The SMILES string of the molecule is CCCC/C=C\CCCCCCCC(=O)OC[C@H](COC(=O)CCCCCCCCCCCCC)OC(=O)CCC/C=C\C/C=C\C/C=C\CCCCCCCC. The van der Waals surface area contributed by atoms with Gasteiger partial charge in [-0.15, -0.1) is 0 Å². The first-order valence-electron chi connectivity index (χ1n) is 24.1. The van der Waals surface area contributed by atoms with Crippen molar-refractivity contribution in [2.24, 2.45) is 0 Å². The smallest absolute Gasteiger partial charge is 0.306 e. The highest BCUT2D eigenvalue weighted by molar-refractivity contribution is 5.71. The fourth-order valence-corrected chi connectivity index (χ4v) is 6.61. The molecule has 0 aromatic rings. The summed E-state index contributed by atoms with van der Waals surface area (Å²) < 4.78 is 16.7. The third-order valence-corrected chi connectivity index (χ3v) is 10.3. The first-order valence-corrected chi connectivity index (χ1v) is 24.1. The fourth-order valence-electron chi connectivity index (χ4n) is 6.61. The standard InChI is InChI=1S/C51H90O6/c1-4-7-10-13-16-19-22-23-24-25-26-27-30-33-36-39-42-45-51(54)57-48(46-55-49(52)43-40-37-34-31-28-20-17-14-11-8-5-2)47-56-50(53)44-41-38-35-32-29-21-18-15-12-9-6-3/h14,17,23-24,26-27,33,36,48H,4-13,15-16,18-22,25,28-32,34-35,37-47H2,1-3H3/b17-14-,24-23-,27-26-,36-33-/t48-/m1/s1. The number of allylic oxidation sites excluding steroid dienone is 8. The summed E-state index contributed by atoms with van der Waals surface area (Å²) in [4.78, 5) is 37.7. The molecule has 0 fully saturated rings. The second-order valence-electron chi connectivity index (χ2n) is 16.0. The molecule has 0 N–H and O–H groups in total. The van der Waals surface area contributed by atoms with Crippen LogP contribution in [0.1, 0.15) is 239 Å². The molecule has 0 aromatic heterocycles. The lowest BCUT2D eigenvalue weighted by molar-refractivity contribution is -0.167. The highest BCUT2D eigenvalue weighted by Crippen LogP contribution is 2.14. The summed E-state index contributed by atoms with van der Waals surface area (Å²) in [6, 6.07) is 0. The Labute approximate surface area is 352 Å².